The predicted octanol–water partition coefficient (Wildman–Crippen LogP) is 2.93. The van der Waals surface area contributed by atoms with Crippen molar-refractivity contribution in [2.45, 2.75) is 45.3 Å². The van der Waals surface area contributed by atoms with Crippen molar-refractivity contribution in [2.24, 2.45) is 0 Å². The van der Waals surface area contributed by atoms with E-state index in [9.17, 15) is 14.7 Å². The smallest absolute Gasteiger partial charge is 0.253 e. The van der Waals surface area contributed by atoms with Crippen molar-refractivity contribution in [3.05, 3.63) is 71.3 Å². The number of amides is 2. The Hall–Kier alpha value is -2.70. The van der Waals surface area contributed by atoms with E-state index in [1.807, 2.05) is 44.2 Å². The van der Waals surface area contributed by atoms with Crippen LogP contribution in [0.15, 0.2) is 54.6 Å². The van der Waals surface area contributed by atoms with Gasteiger partial charge in [0, 0.05) is 30.8 Å². The molecule has 0 aliphatic heterocycles. The summed E-state index contributed by atoms with van der Waals surface area (Å²) in [6.07, 6.45) is 1.19. The summed E-state index contributed by atoms with van der Waals surface area (Å²) in [7, 11) is 0. The summed E-state index contributed by atoms with van der Waals surface area (Å²) in [5.41, 5.74) is 9.33. The Morgan fingerprint density at radius 1 is 1.00 bits per heavy atom. The van der Waals surface area contributed by atoms with Gasteiger partial charge in [-0.1, -0.05) is 50.2 Å². The van der Waals surface area contributed by atoms with Gasteiger partial charge in [0.05, 0.1) is 12.1 Å². The molecule has 161 valence electrons. The fourth-order valence-corrected chi connectivity index (χ4v) is 3.38. The van der Waals surface area contributed by atoms with Crippen molar-refractivity contribution in [3.8, 4) is 0 Å². The van der Waals surface area contributed by atoms with E-state index >= 15 is 0 Å². The van der Waals surface area contributed by atoms with E-state index in [4.69, 9.17) is 5.73 Å². The third-order valence-corrected chi connectivity index (χ3v) is 4.93. The maximum atomic E-state index is 12.9. The van der Waals surface area contributed by atoms with E-state index in [0.717, 1.165) is 18.4 Å². The summed E-state index contributed by atoms with van der Waals surface area (Å²) >= 11 is 0. The molecule has 1 unspecified atom stereocenters. The average Bonchev–Trinajstić information content (AvgIpc) is 2.78. The largest absolute Gasteiger partial charge is 0.390 e. The van der Waals surface area contributed by atoms with Gasteiger partial charge in [0.2, 0.25) is 0 Å². The third-order valence-electron chi connectivity index (χ3n) is 4.93. The van der Waals surface area contributed by atoms with Gasteiger partial charge in [0.25, 0.3) is 11.8 Å². The second-order valence-corrected chi connectivity index (χ2v) is 7.41. The summed E-state index contributed by atoms with van der Waals surface area (Å²) in [6, 6.07) is 15.6. The molecule has 2 aromatic carbocycles. The first-order chi connectivity index (χ1) is 14.5. The van der Waals surface area contributed by atoms with Crippen molar-refractivity contribution in [1.29, 1.82) is 0 Å². The summed E-state index contributed by atoms with van der Waals surface area (Å²) in [6.45, 7) is 5.21. The van der Waals surface area contributed by atoms with Gasteiger partial charge < -0.3 is 15.3 Å². The average molecular weight is 411 g/mol. The highest BCUT2D eigenvalue weighted by Crippen LogP contribution is 2.12. The molecule has 6 nitrogen and oxygen atoms in total. The topological polar surface area (TPSA) is 93.4 Å². The highest BCUT2D eigenvalue weighted by molar-refractivity contribution is 5.99. The van der Waals surface area contributed by atoms with Gasteiger partial charge in [-0.15, -0.1) is 0 Å². The molecule has 2 rings (SSSR count). The first-order valence-electron chi connectivity index (χ1n) is 10.6. The molecule has 0 spiro atoms. The zero-order valence-corrected chi connectivity index (χ0v) is 17.8. The lowest BCUT2D eigenvalue weighted by molar-refractivity contribution is 0.0755. The molecule has 2 amide bonds. The van der Waals surface area contributed by atoms with Crippen LogP contribution < -0.4 is 11.1 Å². The Morgan fingerprint density at radius 3 is 2.23 bits per heavy atom. The normalized spacial score (nSPS) is 12.8. The Labute approximate surface area is 179 Å². The predicted molar refractivity (Wildman–Crippen MR) is 118 cm³/mol. The lowest BCUT2D eigenvalue weighted by Crippen LogP contribution is -2.46. The van der Waals surface area contributed by atoms with E-state index in [-0.39, 0.29) is 18.4 Å². The fraction of sp³-hybridized carbons (Fsp3) is 0.417. The van der Waals surface area contributed by atoms with Crippen molar-refractivity contribution < 1.29 is 14.7 Å². The molecule has 0 aromatic heterocycles. The second kappa shape index (κ2) is 12.1. The summed E-state index contributed by atoms with van der Waals surface area (Å²) in [5.74, 6) is -0.448. The zero-order chi connectivity index (χ0) is 21.9. The van der Waals surface area contributed by atoms with E-state index in [1.54, 1.807) is 29.2 Å². The van der Waals surface area contributed by atoms with Crippen LogP contribution in [0.3, 0.4) is 0 Å². The molecule has 2 atom stereocenters. The van der Waals surface area contributed by atoms with Gasteiger partial charge in [-0.05, 0) is 43.0 Å². The van der Waals surface area contributed by atoms with Gasteiger partial charge in [0.1, 0.15) is 0 Å². The third kappa shape index (κ3) is 6.68. The molecule has 0 aliphatic carbocycles. The second-order valence-electron chi connectivity index (χ2n) is 7.41. The van der Waals surface area contributed by atoms with Crippen molar-refractivity contribution in [3.63, 3.8) is 0 Å². The van der Waals surface area contributed by atoms with Crippen molar-refractivity contribution >= 4 is 11.8 Å². The molecule has 3 N–H and O–H groups in total. The highest BCUT2D eigenvalue weighted by Gasteiger charge is 2.22. The zero-order valence-electron chi connectivity index (χ0n) is 17.8. The fourth-order valence-electron chi connectivity index (χ4n) is 3.38. The van der Waals surface area contributed by atoms with Crippen LogP contribution in [0.4, 0.5) is 0 Å². The minimum atomic E-state index is -0.983. The van der Waals surface area contributed by atoms with Crippen LogP contribution in [0.5, 0.6) is 0 Å². The maximum Gasteiger partial charge on any atom is 0.253 e. The van der Waals surface area contributed by atoms with Crippen molar-refractivity contribution in [1.82, 2.24) is 16.0 Å². The molecule has 0 saturated carbocycles. The van der Waals surface area contributed by atoms with Crippen LogP contribution in [0.1, 0.15) is 53.0 Å². The van der Waals surface area contributed by atoms with Crippen LogP contribution in [0, 0.1) is 0 Å². The molecule has 30 heavy (non-hydrogen) atoms. The summed E-state index contributed by atoms with van der Waals surface area (Å²) in [5, 5.41) is 13.1. The SMILES string of the molecule is CCCN(CCC)C(=O)c1cccc(C(=O)N[C@@H](Cc2ccccc2)C(O)C[NH])c1. The molecule has 0 bridgehead atoms. The molecule has 2 aromatic rings. The first-order valence-corrected chi connectivity index (χ1v) is 10.6. The van der Waals surface area contributed by atoms with Crippen LogP contribution in [-0.4, -0.2) is 53.6 Å². The minimum absolute atomic E-state index is 0.0830. The Balaban J connectivity index is 2.16. The molecule has 0 saturated heterocycles. The molecule has 1 radical (unpaired) electrons. The van der Waals surface area contributed by atoms with Gasteiger partial charge >= 0.3 is 0 Å². The van der Waals surface area contributed by atoms with E-state index in [1.165, 1.54) is 0 Å². The quantitative estimate of drug-likeness (QED) is 0.596. The number of benzene rings is 2. The number of nitrogens with zero attached hydrogens (tertiary/aromatic N) is 1. The number of hydrogen-bond acceptors (Lipinski definition) is 3. The standard InChI is InChI=1S/C24H32N3O3/c1-3-13-27(14-4-2)24(30)20-12-8-11-19(16-20)23(29)26-21(22(28)17-25)15-18-9-6-5-7-10-18/h5-12,16,21-22,25,28H,3-4,13-15,17H2,1-2H3,(H,26,29)/t21-,22?/m0/s1. The van der Waals surface area contributed by atoms with Gasteiger partial charge in [0.15, 0.2) is 0 Å². The Morgan fingerprint density at radius 2 is 1.63 bits per heavy atom. The van der Waals surface area contributed by atoms with Crippen LogP contribution in [0.25, 0.3) is 0 Å². The first kappa shape index (κ1) is 23.6. The van der Waals surface area contributed by atoms with Gasteiger partial charge in [-0.25, -0.2) is 0 Å². The number of carbonyl (C=O) groups is 2. The lowest BCUT2D eigenvalue weighted by Gasteiger charge is -2.24. The van der Waals surface area contributed by atoms with E-state index in [0.29, 0.717) is 30.6 Å². The van der Waals surface area contributed by atoms with E-state index in [2.05, 4.69) is 5.32 Å². The van der Waals surface area contributed by atoms with Gasteiger partial charge in [-0.3, -0.25) is 15.3 Å². The van der Waals surface area contributed by atoms with Crippen molar-refractivity contribution in [2.75, 3.05) is 19.6 Å². The number of rotatable bonds is 11. The number of aliphatic hydroxyl groups excluding tert-OH is 1. The maximum absolute atomic E-state index is 12.9. The number of nitrogens with one attached hydrogen (secondary N) is 2. The number of hydrogen-bond donors (Lipinski definition) is 2. The monoisotopic (exact) mass is 410 g/mol. The molecular formula is C24H32N3O3. The van der Waals surface area contributed by atoms with Crippen LogP contribution in [0.2, 0.25) is 0 Å². The molecular weight excluding hydrogens is 378 g/mol. The van der Waals surface area contributed by atoms with E-state index < -0.39 is 12.1 Å². The lowest BCUT2D eigenvalue weighted by atomic mass is 10.0. The molecule has 0 heterocycles. The Kier molecular flexibility index (Phi) is 9.51. The summed E-state index contributed by atoms with van der Waals surface area (Å²) in [4.78, 5) is 27.5. The van der Waals surface area contributed by atoms with Crippen LogP contribution in [-0.2, 0) is 6.42 Å². The minimum Gasteiger partial charge on any atom is -0.390 e. The molecule has 6 heteroatoms. The highest BCUT2D eigenvalue weighted by atomic mass is 16.3. The Bertz CT molecular complexity index is 804. The number of carbonyl (C=O) groups excluding carboxylic acids is 2. The number of aliphatic hydroxyl groups is 1. The summed E-state index contributed by atoms with van der Waals surface area (Å²) < 4.78 is 0. The molecule has 0 aliphatic rings. The molecule has 0 fully saturated rings. The van der Waals surface area contributed by atoms with Crippen LogP contribution >= 0.6 is 0 Å². The van der Waals surface area contributed by atoms with Gasteiger partial charge in [-0.2, -0.15) is 0 Å².